The van der Waals surface area contributed by atoms with Crippen molar-refractivity contribution in [1.82, 2.24) is 14.9 Å². The fourth-order valence-electron chi connectivity index (χ4n) is 2.48. The number of aliphatic hydroxyl groups is 1. The van der Waals surface area contributed by atoms with Crippen molar-refractivity contribution in [2.24, 2.45) is 0 Å². The second-order valence-electron chi connectivity index (χ2n) is 4.98. The van der Waals surface area contributed by atoms with Gasteiger partial charge in [0.2, 0.25) is 5.91 Å². The van der Waals surface area contributed by atoms with Gasteiger partial charge in [0.1, 0.15) is 5.82 Å². The fourth-order valence-corrected chi connectivity index (χ4v) is 2.48. The van der Waals surface area contributed by atoms with Gasteiger partial charge in [-0.25, -0.2) is 4.98 Å². The van der Waals surface area contributed by atoms with Gasteiger partial charge in [0, 0.05) is 25.9 Å². The van der Waals surface area contributed by atoms with Gasteiger partial charge in [-0.15, -0.1) is 0 Å². The van der Waals surface area contributed by atoms with Gasteiger partial charge < -0.3 is 15.0 Å². The predicted octanol–water partition coefficient (Wildman–Crippen LogP) is 1.09. The summed E-state index contributed by atoms with van der Waals surface area (Å²) in [5.41, 5.74) is 1.93. The first-order valence-corrected chi connectivity index (χ1v) is 6.62. The Kier molecular flexibility index (Phi) is 3.21. The summed E-state index contributed by atoms with van der Waals surface area (Å²) in [6.45, 7) is 1.14. The van der Waals surface area contributed by atoms with Crippen molar-refractivity contribution < 1.29 is 9.90 Å². The summed E-state index contributed by atoms with van der Waals surface area (Å²) in [6.07, 6.45) is 1.39. The lowest BCUT2D eigenvalue weighted by Gasteiger charge is -2.14. The number of fused-ring (bicyclic) bond motifs is 1. The highest BCUT2D eigenvalue weighted by molar-refractivity contribution is 5.77. The normalized spacial score (nSPS) is 19.2. The van der Waals surface area contributed by atoms with Gasteiger partial charge in [0.15, 0.2) is 0 Å². The molecule has 0 bridgehead atoms. The average molecular weight is 259 g/mol. The molecule has 0 spiro atoms. The van der Waals surface area contributed by atoms with Crippen LogP contribution < -0.4 is 0 Å². The molecule has 5 heteroatoms. The highest BCUT2D eigenvalue weighted by Gasteiger charge is 2.24. The van der Waals surface area contributed by atoms with Crippen LogP contribution in [0.5, 0.6) is 0 Å². The summed E-state index contributed by atoms with van der Waals surface area (Å²) in [4.78, 5) is 21.4. The molecule has 0 aliphatic carbocycles. The zero-order valence-electron chi connectivity index (χ0n) is 10.7. The van der Waals surface area contributed by atoms with E-state index in [1.165, 1.54) is 0 Å². The Bertz CT molecular complexity index is 560. The van der Waals surface area contributed by atoms with E-state index in [2.05, 4.69) is 9.97 Å². The number of aromatic nitrogens is 2. The van der Waals surface area contributed by atoms with Crippen molar-refractivity contribution in [3.05, 3.63) is 30.1 Å². The second kappa shape index (κ2) is 5.01. The van der Waals surface area contributed by atoms with Crippen LogP contribution in [0.3, 0.4) is 0 Å². The van der Waals surface area contributed by atoms with Crippen molar-refractivity contribution >= 4 is 16.9 Å². The molecule has 0 radical (unpaired) electrons. The Morgan fingerprint density at radius 2 is 2.32 bits per heavy atom. The summed E-state index contributed by atoms with van der Waals surface area (Å²) in [7, 11) is 0. The molecule has 19 heavy (non-hydrogen) atoms. The molecule has 2 N–H and O–H groups in total. The highest BCUT2D eigenvalue weighted by Crippen LogP contribution is 2.14. The molecule has 1 amide bonds. The molecule has 5 nitrogen and oxygen atoms in total. The molecule has 2 aromatic rings. The Labute approximate surface area is 111 Å². The number of nitrogens with one attached hydrogen (secondary N) is 1. The van der Waals surface area contributed by atoms with Crippen molar-refractivity contribution in [1.29, 1.82) is 0 Å². The molecular weight excluding hydrogens is 242 g/mol. The number of para-hydroxylation sites is 2. The van der Waals surface area contributed by atoms with E-state index in [0.717, 1.165) is 16.9 Å². The lowest BCUT2D eigenvalue weighted by Crippen LogP contribution is -2.29. The van der Waals surface area contributed by atoms with E-state index in [9.17, 15) is 9.90 Å². The molecule has 1 aromatic heterocycles. The topological polar surface area (TPSA) is 69.2 Å². The molecule has 100 valence electrons. The number of likely N-dealkylation sites (tertiary alicyclic amines) is 1. The summed E-state index contributed by atoms with van der Waals surface area (Å²) in [6, 6.07) is 7.84. The monoisotopic (exact) mass is 259 g/mol. The molecule has 2 heterocycles. The van der Waals surface area contributed by atoms with Crippen molar-refractivity contribution in [2.75, 3.05) is 13.1 Å². The molecule has 3 rings (SSSR count). The predicted molar refractivity (Wildman–Crippen MR) is 71.6 cm³/mol. The summed E-state index contributed by atoms with van der Waals surface area (Å²) < 4.78 is 0. The van der Waals surface area contributed by atoms with Gasteiger partial charge in [-0.3, -0.25) is 4.79 Å². The van der Waals surface area contributed by atoms with Crippen molar-refractivity contribution in [2.45, 2.75) is 25.4 Å². The molecule has 1 aliphatic rings. The third-order valence-corrected chi connectivity index (χ3v) is 3.53. The number of aryl methyl sites for hydroxylation is 1. The first-order valence-electron chi connectivity index (χ1n) is 6.62. The van der Waals surface area contributed by atoms with Crippen LogP contribution in [0.1, 0.15) is 18.7 Å². The molecule has 0 saturated carbocycles. The number of carbonyl (C=O) groups excluding carboxylic acids is 1. The van der Waals surface area contributed by atoms with Gasteiger partial charge in [-0.05, 0) is 18.6 Å². The minimum atomic E-state index is -0.352. The van der Waals surface area contributed by atoms with Crippen LogP contribution in [0.25, 0.3) is 11.0 Å². The van der Waals surface area contributed by atoms with Crippen LogP contribution >= 0.6 is 0 Å². The van der Waals surface area contributed by atoms with Crippen LogP contribution in [-0.4, -0.2) is 45.1 Å². The van der Waals surface area contributed by atoms with Gasteiger partial charge in [0.05, 0.1) is 17.1 Å². The number of nitrogens with zero attached hydrogens (tertiary/aromatic N) is 2. The first kappa shape index (κ1) is 12.2. The average Bonchev–Trinajstić information content (AvgIpc) is 3.01. The number of amides is 1. The van der Waals surface area contributed by atoms with Crippen LogP contribution in [0.2, 0.25) is 0 Å². The minimum Gasteiger partial charge on any atom is -0.391 e. The number of imidazole rings is 1. The maximum atomic E-state index is 12.0. The largest absolute Gasteiger partial charge is 0.391 e. The van der Waals surface area contributed by atoms with Crippen LogP contribution in [0.15, 0.2) is 24.3 Å². The molecular formula is C14H17N3O2. The number of H-pyrrole nitrogens is 1. The van der Waals surface area contributed by atoms with E-state index in [-0.39, 0.29) is 12.0 Å². The number of aromatic amines is 1. The van der Waals surface area contributed by atoms with Gasteiger partial charge in [-0.2, -0.15) is 0 Å². The molecule has 0 unspecified atom stereocenters. The highest BCUT2D eigenvalue weighted by atomic mass is 16.3. The van der Waals surface area contributed by atoms with Crippen molar-refractivity contribution in [3.8, 4) is 0 Å². The summed E-state index contributed by atoms with van der Waals surface area (Å²) in [5.74, 6) is 0.936. The van der Waals surface area contributed by atoms with Crippen LogP contribution in [-0.2, 0) is 11.2 Å². The first-order chi connectivity index (χ1) is 9.22. The van der Waals surface area contributed by atoms with E-state index >= 15 is 0 Å². The number of rotatable bonds is 3. The zero-order chi connectivity index (χ0) is 13.2. The fraction of sp³-hybridized carbons (Fsp3) is 0.429. The third-order valence-electron chi connectivity index (χ3n) is 3.53. The number of hydrogen-bond acceptors (Lipinski definition) is 3. The van der Waals surface area contributed by atoms with Gasteiger partial charge in [0.25, 0.3) is 0 Å². The number of aliphatic hydroxyl groups excluding tert-OH is 1. The molecule has 1 atom stereocenters. The van der Waals surface area contributed by atoms with Crippen molar-refractivity contribution in [3.63, 3.8) is 0 Å². The smallest absolute Gasteiger partial charge is 0.223 e. The van der Waals surface area contributed by atoms with E-state index < -0.39 is 0 Å². The van der Waals surface area contributed by atoms with E-state index in [1.54, 1.807) is 4.90 Å². The third kappa shape index (κ3) is 2.61. The van der Waals surface area contributed by atoms with E-state index in [4.69, 9.17) is 0 Å². The lowest BCUT2D eigenvalue weighted by atomic mass is 10.2. The second-order valence-corrected chi connectivity index (χ2v) is 4.98. The molecule has 1 fully saturated rings. The number of carbonyl (C=O) groups is 1. The zero-order valence-corrected chi connectivity index (χ0v) is 10.7. The quantitative estimate of drug-likeness (QED) is 0.867. The summed E-state index contributed by atoms with van der Waals surface area (Å²) >= 11 is 0. The summed E-state index contributed by atoms with van der Waals surface area (Å²) in [5, 5.41) is 9.42. The maximum absolute atomic E-state index is 12.0. The standard InChI is InChI=1S/C14H17N3O2/c18-10-7-8-17(9-10)14(19)6-5-13-15-11-3-1-2-4-12(11)16-13/h1-4,10,18H,5-9H2,(H,15,16)/t10-/m1/s1. The minimum absolute atomic E-state index is 0.0945. The number of β-amino-alcohol motifs (C(OH)–C–C–N with tert-alkyl or cyclic N) is 1. The lowest BCUT2D eigenvalue weighted by molar-refractivity contribution is -0.130. The Morgan fingerprint density at radius 1 is 1.47 bits per heavy atom. The maximum Gasteiger partial charge on any atom is 0.223 e. The Hall–Kier alpha value is -1.88. The number of benzene rings is 1. The Balaban J connectivity index is 1.61. The van der Waals surface area contributed by atoms with Gasteiger partial charge in [-0.1, -0.05) is 12.1 Å². The van der Waals surface area contributed by atoms with E-state index in [1.807, 2.05) is 24.3 Å². The van der Waals surface area contributed by atoms with Crippen LogP contribution in [0.4, 0.5) is 0 Å². The van der Waals surface area contributed by atoms with Gasteiger partial charge >= 0.3 is 0 Å². The molecule has 1 aliphatic heterocycles. The molecule has 1 saturated heterocycles. The van der Waals surface area contributed by atoms with Crippen LogP contribution in [0, 0.1) is 0 Å². The number of hydrogen-bond donors (Lipinski definition) is 2. The Morgan fingerprint density at radius 3 is 3.05 bits per heavy atom. The van der Waals surface area contributed by atoms with E-state index in [0.29, 0.717) is 32.4 Å². The SMILES string of the molecule is O=C(CCc1nc2ccccc2[nH]1)N1CC[C@@H](O)C1. The molecule has 1 aromatic carbocycles.